The van der Waals surface area contributed by atoms with Crippen molar-refractivity contribution in [1.82, 2.24) is 14.5 Å². The molecule has 19 heavy (non-hydrogen) atoms. The van der Waals surface area contributed by atoms with Crippen LogP contribution in [0.25, 0.3) is 0 Å². The number of hydrogen-bond donors (Lipinski definition) is 1. The van der Waals surface area contributed by atoms with E-state index in [1.165, 1.54) is 0 Å². The summed E-state index contributed by atoms with van der Waals surface area (Å²) in [5.74, 6) is -0.701. The number of carboxylic acids is 1. The molecule has 6 heteroatoms. The molecule has 1 amide bonds. The zero-order chi connectivity index (χ0) is 13.4. The molecule has 1 N–H and O–H groups in total. The number of carbonyl (C=O) groups is 2. The minimum Gasteiger partial charge on any atom is -0.476 e. The van der Waals surface area contributed by atoms with E-state index in [9.17, 15) is 9.59 Å². The molecule has 102 valence electrons. The second-order valence-electron chi connectivity index (χ2n) is 5.28. The van der Waals surface area contributed by atoms with Crippen LogP contribution in [0.2, 0.25) is 0 Å². The normalized spacial score (nSPS) is 19.5. The highest BCUT2D eigenvalue weighted by Crippen LogP contribution is 2.28. The third kappa shape index (κ3) is 2.11. The van der Waals surface area contributed by atoms with Crippen LogP contribution < -0.4 is 0 Å². The van der Waals surface area contributed by atoms with Gasteiger partial charge in [-0.15, -0.1) is 0 Å². The maximum Gasteiger partial charge on any atom is 0.356 e. The summed E-state index contributed by atoms with van der Waals surface area (Å²) in [6.07, 6.45) is 5.75. The Morgan fingerprint density at radius 3 is 2.68 bits per heavy atom. The summed E-state index contributed by atoms with van der Waals surface area (Å²) < 4.78 is 1.84. The monoisotopic (exact) mass is 263 g/mol. The van der Waals surface area contributed by atoms with E-state index in [1.807, 2.05) is 4.57 Å². The van der Waals surface area contributed by atoms with Gasteiger partial charge < -0.3 is 14.6 Å². The van der Waals surface area contributed by atoms with Crippen LogP contribution in [0, 0.1) is 5.92 Å². The summed E-state index contributed by atoms with van der Waals surface area (Å²) in [4.78, 5) is 29.2. The van der Waals surface area contributed by atoms with Gasteiger partial charge in [0.2, 0.25) is 5.91 Å². The van der Waals surface area contributed by atoms with Crippen LogP contribution in [0.3, 0.4) is 0 Å². The SMILES string of the molecule is O=C(O)c1ncn2c1CN(C(=O)C1CCCC1)CC2. The molecule has 1 aromatic heterocycles. The average Bonchev–Trinajstić information content (AvgIpc) is 3.06. The smallest absolute Gasteiger partial charge is 0.356 e. The van der Waals surface area contributed by atoms with Gasteiger partial charge in [0.15, 0.2) is 5.69 Å². The Labute approximate surface area is 111 Å². The molecule has 0 bridgehead atoms. The van der Waals surface area contributed by atoms with Gasteiger partial charge in [-0.05, 0) is 12.8 Å². The predicted molar refractivity (Wildman–Crippen MR) is 66.6 cm³/mol. The van der Waals surface area contributed by atoms with Crippen LogP contribution >= 0.6 is 0 Å². The van der Waals surface area contributed by atoms with Crippen molar-refractivity contribution in [2.45, 2.75) is 38.8 Å². The van der Waals surface area contributed by atoms with Gasteiger partial charge >= 0.3 is 5.97 Å². The van der Waals surface area contributed by atoms with Crippen molar-refractivity contribution in [2.24, 2.45) is 5.92 Å². The number of aromatic carboxylic acids is 1. The number of fused-ring (bicyclic) bond motifs is 1. The highest BCUT2D eigenvalue weighted by Gasteiger charge is 2.31. The molecule has 1 aliphatic carbocycles. The Morgan fingerprint density at radius 1 is 1.26 bits per heavy atom. The third-order valence-corrected chi connectivity index (χ3v) is 4.12. The van der Waals surface area contributed by atoms with Gasteiger partial charge in [0, 0.05) is 19.0 Å². The molecule has 1 aliphatic heterocycles. The van der Waals surface area contributed by atoms with Gasteiger partial charge in [-0.3, -0.25) is 4.79 Å². The number of aromatic nitrogens is 2. The number of hydrogen-bond acceptors (Lipinski definition) is 3. The maximum atomic E-state index is 12.4. The van der Waals surface area contributed by atoms with Crippen molar-refractivity contribution >= 4 is 11.9 Å². The largest absolute Gasteiger partial charge is 0.476 e. The van der Waals surface area contributed by atoms with Crippen LogP contribution in [0.4, 0.5) is 0 Å². The molecule has 2 heterocycles. The van der Waals surface area contributed by atoms with E-state index in [2.05, 4.69) is 4.98 Å². The topological polar surface area (TPSA) is 75.4 Å². The summed E-state index contributed by atoms with van der Waals surface area (Å²) in [6, 6.07) is 0. The summed E-state index contributed by atoms with van der Waals surface area (Å²) in [5.41, 5.74) is 0.717. The molecular formula is C13H17N3O3. The molecule has 1 aromatic rings. The van der Waals surface area contributed by atoms with Crippen molar-refractivity contribution in [3.05, 3.63) is 17.7 Å². The number of nitrogens with zero attached hydrogens (tertiary/aromatic N) is 3. The minimum absolute atomic E-state index is 0.0731. The number of amides is 1. The first-order valence-corrected chi connectivity index (χ1v) is 6.73. The van der Waals surface area contributed by atoms with Crippen LogP contribution in [-0.4, -0.2) is 38.0 Å². The van der Waals surface area contributed by atoms with Gasteiger partial charge in [0.05, 0.1) is 18.6 Å². The molecule has 0 aromatic carbocycles. The predicted octanol–water partition coefficient (Wildman–Crippen LogP) is 1.11. The molecule has 0 saturated heterocycles. The first-order chi connectivity index (χ1) is 9.16. The molecule has 0 unspecified atom stereocenters. The van der Waals surface area contributed by atoms with E-state index in [-0.39, 0.29) is 17.5 Å². The number of carboxylic acid groups (broad SMARTS) is 1. The molecule has 0 radical (unpaired) electrons. The van der Waals surface area contributed by atoms with Crippen LogP contribution in [0.1, 0.15) is 41.9 Å². The summed E-state index contributed by atoms with van der Waals surface area (Å²) in [5, 5.41) is 9.09. The molecule has 0 spiro atoms. The van der Waals surface area contributed by atoms with E-state index in [1.54, 1.807) is 11.2 Å². The highest BCUT2D eigenvalue weighted by molar-refractivity contribution is 5.87. The summed E-state index contributed by atoms with van der Waals surface area (Å²) >= 11 is 0. The first kappa shape index (κ1) is 12.2. The van der Waals surface area contributed by atoms with Gasteiger partial charge in [-0.25, -0.2) is 9.78 Å². The Kier molecular flexibility index (Phi) is 3.00. The lowest BCUT2D eigenvalue weighted by atomic mass is 10.1. The Balaban J connectivity index is 1.79. The van der Waals surface area contributed by atoms with Crippen LogP contribution in [0.15, 0.2) is 6.33 Å². The van der Waals surface area contributed by atoms with E-state index >= 15 is 0 Å². The van der Waals surface area contributed by atoms with E-state index in [0.29, 0.717) is 25.3 Å². The lowest BCUT2D eigenvalue weighted by Crippen LogP contribution is -2.41. The Morgan fingerprint density at radius 2 is 2.00 bits per heavy atom. The zero-order valence-corrected chi connectivity index (χ0v) is 10.7. The zero-order valence-electron chi connectivity index (χ0n) is 10.7. The lowest BCUT2D eigenvalue weighted by Gasteiger charge is -2.30. The fraction of sp³-hybridized carbons (Fsp3) is 0.615. The van der Waals surface area contributed by atoms with Gasteiger partial charge in [-0.2, -0.15) is 0 Å². The molecule has 6 nitrogen and oxygen atoms in total. The number of rotatable bonds is 2. The lowest BCUT2D eigenvalue weighted by molar-refractivity contribution is -0.136. The summed E-state index contributed by atoms with van der Waals surface area (Å²) in [6.45, 7) is 1.66. The Bertz CT molecular complexity index is 517. The third-order valence-electron chi connectivity index (χ3n) is 4.12. The van der Waals surface area contributed by atoms with Crippen molar-refractivity contribution in [3.8, 4) is 0 Å². The maximum absolute atomic E-state index is 12.4. The molecular weight excluding hydrogens is 246 g/mol. The minimum atomic E-state index is -1.02. The van der Waals surface area contributed by atoms with Crippen LogP contribution in [-0.2, 0) is 17.9 Å². The average molecular weight is 263 g/mol. The van der Waals surface area contributed by atoms with Gasteiger partial charge in [0.25, 0.3) is 0 Å². The quantitative estimate of drug-likeness (QED) is 0.867. The van der Waals surface area contributed by atoms with Gasteiger partial charge in [-0.1, -0.05) is 12.8 Å². The van der Waals surface area contributed by atoms with E-state index in [4.69, 9.17) is 5.11 Å². The van der Waals surface area contributed by atoms with E-state index in [0.717, 1.165) is 25.7 Å². The van der Waals surface area contributed by atoms with E-state index < -0.39 is 5.97 Å². The molecule has 1 saturated carbocycles. The molecule has 2 aliphatic rings. The van der Waals surface area contributed by atoms with Crippen LogP contribution in [0.5, 0.6) is 0 Å². The van der Waals surface area contributed by atoms with Crippen molar-refractivity contribution in [1.29, 1.82) is 0 Å². The molecule has 3 rings (SSSR count). The molecule has 1 fully saturated rings. The van der Waals surface area contributed by atoms with Crippen molar-refractivity contribution in [2.75, 3.05) is 6.54 Å². The standard InChI is InChI=1S/C13H17N3O3/c17-12(9-3-1-2-4-9)15-5-6-16-8-14-11(13(18)19)10(16)7-15/h8-9H,1-7H2,(H,18,19). The number of imidazole rings is 1. The highest BCUT2D eigenvalue weighted by atomic mass is 16.4. The fourth-order valence-corrected chi connectivity index (χ4v) is 3.05. The first-order valence-electron chi connectivity index (χ1n) is 6.73. The second-order valence-corrected chi connectivity index (χ2v) is 5.28. The summed E-state index contributed by atoms with van der Waals surface area (Å²) in [7, 11) is 0. The van der Waals surface area contributed by atoms with Gasteiger partial charge in [0.1, 0.15) is 0 Å². The molecule has 0 atom stereocenters. The van der Waals surface area contributed by atoms with Crippen molar-refractivity contribution in [3.63, 3.8) is 0 Å². The second kappa shape index (κ2) is 4.68. The number of carbonyl (C=O) groups excluding carboxylic acids is 1. The Hall–Kier alpha value is -1.85. The fourth-order valence-electron chi connectivity index (χ4n) is 3.05. The van der Waals surface area contributed by atoms with Crippen molar-refractivity contribution < 1.29 is 14.7 Å².